The van der Waals surface area contributed by atoms with Crippen LogP contribution in [0, 0.1) is 0 Å². The molecule has 0 aliphatic rings. The predicted octanol–water partition coefficient (Wildman–Crippen LogP) is 3.45. The zero-order valence-electron chi connectivity index (χ0n) is 4.90. The van der Waals surface area contributed by atoms with Crippen molar-refractivity contribution >= 4 is 58.8 Å². The van der Waals surface area contributed by atoms with E-state index in [4.69, 9.17) is 11.2 Å². The SMILES string of the molecule is COCPCl.PCl.PCl. The fraction of sp³-hybridized carbons (Fsp3) is 1.00. The molecule has 0 saturated heterocycles. The molecule has 3 unspecified atom stereocenters. The average Bonchev–Trinajstić information content (AvgIpc) is 1.98. The lowest BCUT2D eigenvalue weighted by Crippen LogP contribution is -1.70. The Kier molecular flexibility index (Phi) is 61.6. The van der Waals surface area contributed by atoms with Gasteiger partial charge in [-0.25, -0.2) is 0 Å². The predicted molar refractivity (Wildman–Crippen MR) is 57.2 cm³/mol. The lowest BCUT2D eigenvalue weighted by atomic mass is 11.5. The smallest absolute Gasteiger partial charge is 0.0770 e. The largest absolute Gasteiger partial charge is 0.379 e. The molecule has 0 saturated carbocycles. The highest BCUT2D eigenvalue weighted by Crippen LogP contribution is 2.13. The average molecular weight is 249 g/mol. The molecule has 60 valence electrons. The van der Waals surface area contributed by atoms with Crippen LogP contribution in [-0.4, -0.2) is 13.5 Å². The lowest BCUT2D eigenvalue weighted by Gasteiger charge is -1.82. The fourth-order valence-corrected chi connectivity index (χ4v) is 0.491. The van der Waals surface area contributed by atoms with Crippen molar-refractivity contribution in [1.29, 1.82) is 0 Å². The van der Waals surface area contributed by atoms with Crippen molar-refractivity contribution in [3.8, 4) is 0 Å². The maximum atomic E-state index is 5.20. The first-order valence-electron chi connectivity index (χ1n) is 1.68. The van der Waals surface area contributed by atoms with Crippen molar-refractivity contribution in [3.05, 3.63) is 0 Å². The minimum atomic E-state index is 0.408. The van der Waals surface area contributed by atoms with Crippen molar-refractivity contribution in [2.75, 3.05) is 13.5 Å². The highest BCUT2D eigenvalue weighted by Gasteiger charge is 1.68. The molecule has 9 heavy (non-hydrogen) atoms. The van der Waals surface area contributed by atoms with Crippen LogP contribution in [0.15, 0.2) is 0 Å². The van der Waals surface area contributed by atoms with E-state index < -0.39 is 0 Å². The number of hydrogen-bond donors (Lipinski definition) is 0. The Hall–Kier alpha value is 2.12. The van der Waals surface area contributed by atoms with Gasteiger partial charge < -0.3 is 4.74 Å². The maximum Gasteiger partial charge on any atom is 0.0770 e. The second kappa shape index (κ2) is 32.1. The summed E-state index contributed by atoms with van der Waals surface area (Å²) in [5, 5.41) is 0. The molecule has 0 amide bonds. The number of halogens is 3. The van der Waals surface area contributed by atoms with Gasteiger partial charge in [0.1, 0.15) is 0 Å². The maximum absolute atomic E-state index is 5.20. The molecular weight excluding hydrogens is 239 g/mol. The van der Waals surface area contributed by atoms with Crippen LogP contribution in [0.2, 0.25) is 0 Å². The molecule has 1 nitrogen and oxygen atoms in total. The van der Waals surface area contributed by atoms with E-state index in [2.05, 4.69) is 27.2 Å². The van der Waals surface area contributed by atoms with Crippen LogP contribution >= 0.6 is 58.8 Å². The van der Waals surface area contributed by atoms with Gasteiger partial charge in [-0.1, -0.05) is 11.2 Å². The molecule has 0 N–H and O–H groups in total. The number of ether oxygens (including phenoxy) is 1. The summed E-state index contributed by atoms with van der Waals surface area (Å²) >= 11 is 14.3. The van der Waals surface area contributed by atoms with E-state index in [0.29, 0.717) is 14.3 Å². The van der Waals surface area contributed by atoms with Crippen molar-refractivity contribution < 1.29 is 4.74 Å². The fourth-order valence-electron chi connectivity index (χ4n) is 0.0546. The molecule has 0 aromatic rings. The normalized spacial score (nSPS) is 7.33. The Bertz CT molecular complexity index is 24.5. The summed E-state index contributed by atoms with van der Waals surface area (Å²) < 4.78 is 4.57. The van der Waals surface area contributed by atoms with Crippen LogP contribution in [0.1, 0.15) is 0 Å². The van der Waals surface area contributed by atoms with Crippen molar-refractivity contribution in [3.63, 3.8) is 0 Å². The zero-order valence-corrected chi connectivity index (χ0v) is 10.5. The van der Waals surface area contributed by atoms with Crippen LogP contribution in [0.3, 0.4) is 0 Å². The minimum Gasteiger partial charge on any atom is -0.379 e. The van der Waals surface area contributed by atoms with Gasteiger partial charge in [0.2, 0.25) is 0 Å². The minimum absolute atomic E-state index is 0.408. The second-order valence-corrected chi connectivity index (χ2v) is 1.92. The monoisotopic (exact) mass is 248 g/mol. The Morgan fingerprint density at radius 2 is 1.67 bits per heavy atom. The summed E-state index contributed by atoms with van der Waals surface area (Å²) in [6.45, 7) is 0. The first kappa shape index (κ1) is 17.3. The van der Waals surface area contributed by atoms with Gasteiger partial charge >= 0.3 is 0 Å². The highest BCUT2D eigenvalue weighted by molar-refractivity contribution is 7.68. The molecular formula is C2H10Cl3OP3. The van der Waals surface area contributed by atoms with Crippen LogP contribution in [0.4, 0.5) is 0 Å². The van der Waals surface area contributed by atoms with E-state index in [1.54, 1.807) is 7.11 Å². The molecule has 0 radical (unpaired) electrons. The third-order valence-corrected chi connectivity index (χ3v) is 0.924. The molecule has 0 fully saturated rings. The molecule has 0 aromatic carbocycles. The summed E-state index contributed by atoms with van der Waals surface area (Å²) in [5.41, 5.74) is 0. The number of methoxy groups -OCH3 is 1. The zero-order chi connectivity index (χ0) is 8.12. The Morgan fingerprint density at radius 3 is 1.67 bits per heavy atom. The van der Waals surface area contributed by atoms with Gasteiger partial charge in [0.15, 0.2) is 0 Å². The summed E-state index contributed by atoms with van der Waals surface area (Å²) in [5.74, 6) is 0. The Labute approximate surface area is 77.1 Å². The molecule has 0 aromatic heterocycles. The Morgan fingerprint density at radius 1 is 1.33 bits per heavy atom. The molecule has 7 heteroatoms. The molecule has 0 heterocycles. The molecule has 3 atom stereocenters. The van der Waals surface area contributed by atoms with E-state index in [9.17, 15) is 0 Å². The summed E-state index contributed by atoms with van der Waals surface area (Å²) in [4.78, 5) is 0. The van der Waals surface area contributed by atoms with E-state index >= 15 is 0 Å². The van der Waals surface area contributed by atoms with Crippen LogP contribution in [0.25, 0.3) is 0 Å². The second-order valence-electron chi connectivity index (χ2n) is 0.567. The summed E-state index contributed by atoms with van der Waals surface area (Å²) in [6, 6.07) is 0. The van der Waals surface area contributed by atoms with Gasteiger partial charge in [-0.2, -0.15) is 0 Å². The van der Waals surface area contributed by atoms with Gasteiger partial charge in [0.25, 0.3) is 0 Å². The third-order valence-electron chi connectivity index (χ3n) is 0.199. The molecule has 0 aliphatic carbocycles. The summed E-state index contributed by atoms with van der Waals surface area (Å²) in [7, 11) is 5.82. The van der Waals surface area contributed by atoms with Gasteiger partial charge in [-0.05, 0) is 17.2 Å². The topological polar surface area (TPSA) is 9.23 Å². The van der Waals surface area contributed by atoms with Crippen molar-refractivity contribution in [2.45, 2.75) is 0 Å². The van der Waals surface area contributed by atoms with Gasteiger partial charge in [0, 0.05) is 15.0 Å². The number of hydrogen-bond acceptors (Lipinski definition) is 1. The van der Waals surface area contributed by atoms with Crippen LogP contribution in [-0.2, 0) is 4.74 Å². The van der Waals surface area contributed by atoms with E-state index in [-0.39, 0.29) is 0 Å². The van der Waals surface area contributed by atoms with Crippen LogP contribution < -0.4 is 0 Å². The lowest BCUT2D eigenvalue weighted by molar-refractivity contribution is 0.258. The number of rotatable bonds is 2. The third kappa shape index (κ3) is 39.3. The molecule has 0 rings (SSSR count). The van der Waals surface area contributed by atoms with Gasteiger partial charge in [-0.3, -0.25) is 0 Å². The highest BCUT2D eigenvalue weighted by atomic mass is 35.7. The first-order chi connectivity index (χ1) is 4.41. The van der Waals surface area contributed by atoms with Crippen molar-refractivity contribution in [1.82, 2.24) is 0 Å². The van der Waals surface area contributed by atoms with Gasteiger partial charge in [0.05, 0.1) is 6.35 Å². The van der Waals surface area contributed by atoms with Gasteiger partial charge in [-0.15, -0.1) is 22.5 Å². The molecule has 0 spiro atoms. The van der Waals surface area contributed by atoms with Crippen molar-refractivity contribution in [2.24, 2.45) is 0 Å². The molecule has 0 bridgehead atoms. The summed E-state index contributed by atoms with van der Waals surface area (Å²) in [6.07, 6.45) is 0.682. The Balaban J connectivity index is -0.0000000771. The standard InChI is InChI=1S/C2H6ClOP.2ClH2P/c1-4-2-5-3;2*1-2/h5H,2H2,1H3;2*2H2. The van der Waals surface area contributed by atoms with Crippen LogP contribution in [0.5, 0.6) is 0 Å². The quantitative estimate of drug-likeness (QED) is 0.681. The first-order valence-corrected chi connectivity index (χ1v) is 7.39. The van der Waals surface area contributed by atoms with E-state index in [1.165, 1.54) is 0 Å². The van der Waals surface area contributed by atoms with E-state index in [1.807, 2.05) is 17.2 Å². The molecule has 0 aliphatic heterocycles. The van der Waals surface area contributed by atoms with E-state index in [0.717, 1.165) is 0 Å².